The molecule has 6 heteroatoms. The van der Waals surface area contributed by atoms with Gasteiger partial charge in [0.1, 0.15) is 0 Å². The summed E-state index contributed by atoms with van der Waals surface area (Å²) in [6.45, 7) is 0. The first-order valence-corrected chi connectivity index (χ1v) is 4.88. The highest BCUT2D eigenvalue weighted by Gasteiger charge is 2.38. The minimum absolute atomic E-state index is 0.354. The second-order valence-corrected chi connectivity index (χ2v) is 4.17. The van der Waals surface area contributed by atoms with Crippen molar-refractivity contribution in [3.8, 4) is 0 Å². The van der Waals surface area contributed by atoms with Crippen LogP contribution in [0.3, 0.4) is 0 Å². The number of hydrogen-bond acceptors (Lipinski definition) is 2. The molecule has 0 aliphatic rings. The number of nitrogen functional groups attached to an aromatic ring is 1. The fraction of sp³-hybridized carbons (Fsp3) is 0.250. The van der Waals surface area contributed by atoms with Gasteiger partial charge in [0.05, 0.1) is 0 Å². The van der Waals surface area contributed by atoms with Crippen molar-refractivity contribution in [2.75, 3.05) is 5.73 Å². The average molecular weight is 242 g/mol. The van der Waals surface area contributed by atoms with E-state index >= 15 is 0 Å². The Morgan fingerprint density at radius 2 is 1.79 bits per heavy atom. The van der Waals surface area contributed by atoms with Crippen molar-refractivity contribution < 1.29 is 13.2 Å². The van der Waals surface area contributed by atoms with Gasteiger partial charge in [-0.25, -0.2) is 4.39 Å². The molecule has 0 aromatic heterocycles. The zero-order valence-electron chi connectivity index (χ0n) is 6.88. The number of halogens is 4. The molecule has 0 heterocycles. The molecule has 1 unspecified atom stereocenters. The maximum absolute atomic E-state index is 12.7. The summed E-state index contributed by atoms with van der Waals surface area (Å²) in [5.41, 5.74) is 3.39. The molecule has 2 N–H and O–H groups in total. The average Bonchev–Trinajstić information content (AvgIpc) is 2.07. The molecule has 0 aliphatic carbocycles. The summed E-state index contributed by atoms with van der Waals surface area (Å²) in [5.74, 6) is 0. The highest BCUT2D eigenvalue weighted by atomic mass is 35.5. The zero-order chi connectivity index (χ0) is 10.8. The third kappa shape index (κ3) is 3.31. The van der Waals surface area contributed by atoms with E-state index in [1.54, 1.807) is 0 Å². The monoisotopic (exact) mass is 241 g/mol. The third-order valence-corrected chi connectivity index (χ3v) is 2.75. The van der Waals surface area contributed by atoms with Gasteiger partial charge in [-0.05, 0) is 35.9 Å². The molecule has 0 radical (unpaired) electrons. The zero-order valence-corrected chi connectivity index (χ0v) is 8.46. The van der Waals surface area contributed by atoms with E-state index in [0.29, 0.717) is 22.3 Å². The predicted molar refractivity (Wildman–Crippen MR) is 52.4 cm³/mol. The maximum Gasteiger partial charge on any atom is 0.362 e. The second kappa shape index (κ2) is 4.31. The molecule has 0 bridgehead atoms. The Morgan fingerprint density at radius 1 is 1.29 bits per heavy atom. The summed E-state index contributed by atoms with van der Waals surface area (Å²) >= 11 is 4.87. The van der Waals surface area contributed by atoms with Gasteiger partial charge in [0.2, 0.25) is 5.50 Å². The van der Waals surface area contributed by atoms with Crippen molar-refractivity contribution in [1.29, 1.82) is 0 Å². The number of hydrogen-bond donors (Lipinski definition) is 1. The molecule has 1 aromatic rings. The SMILES string of the molecule is Nc1ccc(SC(F)C(F)(F)Cl)cc1. The Bertz CT molecular complexity index is 298. The summed E-state index contributed by atoms with van der Waals surface area (Å²) in [6, 6.07) is 5.91. The fourth-order valence-corrected chi connectivity index (χ4v) is 1.53. The van der Waals surface area contributed by atoms with Crippen LogP contribution in [0.15, 0.2) is 29.2 Å². The molecule has 0 amide bonds. The van der Waals surface area contributed by atoms with Gasteiger partial charge in [-0.15, -0.1) is 0 Å². The number of rotatable bonds is 3. The Labute approximate surface area is 88.4 Å². The van der Waals surface area contributed by atoms with Crippen molar-refractivity contribution in [1.82, 2.24) is 0 Å². The number of alkyl halides is 4. The van der Waals surface area contributed by atoms with Crippen LogP contribution in [0.4, 0.5) is 18.9 Å². The molecule has 0 spiro atoms. The minimum atomic E-state index is -3.86. The fourth-order valence-electron chi connectivity index (χ4n) is 0.733. The molecule has 0 saturated heterocycles. The standard InChI is InChI=1S/C8H7ClF3NS/c9-8(11,12)7(10)14-6-3-1-5(13)2-4-6/h1-4,7H,13H2. The van der Waals surface area contributed by atoms with Crippen molar-refractivity contribution in [3.05, 3.63) is 24.3 Å². The predicted octanol–water partition coefficient (Wildman–Crippen LogP) is 3.49. The van der Waals surface area contributed by atoms with Crippen molar-refractivity contribution in [3.63, 3.8) is 0 Å². The summed E-state index contributed by atoms with van der Waals surface area (Å²) in [7, 11) is 0. The van der Waals surface area contributed by atoms with Crippen LogP contribution in [0, 0.1) is 0 Å². The van der Waals surface area contributed by atoms with Crippen LogP contribution in [0.2, 0.25) is 0 Å². The lowest BCUT2D eigenvalue weighted by atomic mass is 10.3. The van der Waals surface area contributed by atoms with Gasteiger partial charge in [0.15, 0.2) is 0 Å². The topological polar surface area (TPSA) is 26.0 Å². The molecular formula is C8H7ClF3NS. The molecule has 1 rings (SSSR count). The van der Waals surface area contributed by atoms with Gasteiger partial charge in [0.25, 0.3) is 0 Å². The molecule has 0 saturated carbocycles. The maximum atomic E-state index is 12.7. The normalized spacial score (nSPS) is 14.0. The lowest BCUT2D eigenvalue weighted by Gasteiger charge is -2.12. The van der Waals surface area contributed by atoms with Gasteiger partial charge in [0, 0.05) is 10.6 Å². The summed E-state index contributed by atoms with van der Waals surface area (Å²) in [4.78, 5) is 0.354. The van der Waals surface area contributed by atoms with E-state index in [0.717, 1.165) is 0 Å². The molecule has 0 fully saturated rings. The van der Waals surface area contributed by atoms with Crippen LogP contribution < -0.4 is 5.73 Å². The Balaban J connectivity index is 2.65. The highest BCUT2D eigenvalue weighted by molar-refractivity contribution is 7.99. The second-order valence-electron chi connectivity index (χ2n) is 2.54. The lowest BCUT2D eigenvalue weighted by molar-refractivity contribution is 0.0486. The van der Waals surface area contributed by atoms with E-state index in [9.17, 15) is 13.2 Å². The summed E-state index contributed by atoms with van der Waals surface area (Å²) in [5, 5.41) is -3.86. The van der Waals surface area contributed by atoms with Gasteiger partial charge < -0.3 is 5.73 Å². The Morgan fingerprint density at radius 3 is 2.21 bits per heavy atom. The first kappa shape index (κ1) is 11.5. The Hall–Kier alpha value is -0.550. The van der Waals surface area contributed by atoms with Crippen LogP contribution in [0.5, 0.6) is 0 Å². The number of anilines is 1. The minimum Gasteiger partial charge on any atom is -0.399 e. The summed E-state index contributed by atoms with van der Waals surface area (Å²) in [6.07, 6.45) is 0. The molecule has 14 heavy (non-hydrogen) atoms. The molecule has 1 atom stereocenters. The van der Waals surface area contributed by atoms with E-state index in [-0.39, 0.29) is 0 Å². The third-order valence-electron chi connectivity index (χ3n) is 1.38. The first-order chi connectivity index (χ1) is 6.39. The van der Waals surface area contributed by atoms with Crippen LogP contribution in [0.25, 0.3) is 0 Å². The van der Waals surface area contributed by atoms with Gasteiger partial charge in [-0.1, -0.05) is 11.8 Å². The van der Waals surface area contributed by atoms with E-state index in [1.165, 1.54) is 24.3 Å². The molecule has 78 valence electrons. The lowest BCUT2D eigenvalue weighted by Crippen LogP contribution is -2.19. The van der Waals surface area contributed by atoms with Gasteiger partial charge >= 0.3 is 5.38 Å². The molecular weight excluding hydrogens is 235 g/mol. The quantitative estimate of drug-likeness (QED) is 0.498. The van der Waals surface area contributed by atoms with E-state index in [1.807, 2.05) is 0 Å². The van der Waals surface area contributed by atoms with E-state index in [4.69, 9.17) is 5.73 Å². The van der Waals surface area contributed by atoms with Crippen LogP contribution in [0.1, 0.15) is 0 Å². The molecule has 1 nitrogen and oxygen atoms in total. The van der Waals surface area contributed by atoms with Crippen molar-refractivity contribution in [2.45, 2.75) is 15.8 Å². The largest absolute Gasteiger partial charge is 0.399 e. The van der Waals surface area contributed by atoms with Gasteiger partial charge in [-0.3, -0.25) is 0 Å². The Kier molecular flexibility index (Phi) is 3.55. The van der Waals surface area contributed by atoms with Gasteiger partial charge in [-0.2, -0.15) is 8.78 Å². The molecule has 1 aromatic carbocycles. The number of benzene rings is 1. The highest BCUT2D eigenvalue weighted by Crippen LogP contribution is 2.37. The molecule has 0 aliphatic heterocycles. The number of nitrogens with two attached hydrogens (primary N) is 1. The van der Waals surface area contributed by atoms with E-state index in [2.05, 4.69) is 11.6 Å². The van der Waals surface area contributed by atoms with E-state index < -0.39 is 10.9 Å². The first-order valence-electron chi connectivity index (χ1n) is 3.62. The number of thioether (sulfide) groups is 1. The van der Waals surface area contributed by atoms with Crippen LogP contribution in [-0.2, 0) is 0 Å². The van der Waals surface area contributed by atoms with Crippen LogP contribution in [-0.4, -0.2) is 10.9 Å². The van der Waals surface area contributed by atoms with Crippen molar-refractivity contribution in [2.24, 2.45) is 0 Å². The van der Waals surface area contributed by atoms with Crippen LogP contribution >= 0.6 is 23.4 Å². The van der Waals surface area contributed by atoms with Crippen molar-refractivity contribution >= 4 is 29.1 Å². The smallest absolute Gasteiger partial charge is 0.362 e. The summed E-state index contributed by atoms with van der Waals surface area (Å²) < 4.78 is 37.2.